The van der Waals surface area contributed by atoms with Crippen LogP contribution in [0.3, 0.4) is 0 Å². The number of hydrazone groups is 1. The van der Waals surface area contributed by atoms with Crippen LogP contribution < -0.4 is 15.5 Å². The highest BCUT2D eigenvalue weighted by Gasteiger charge is 2.15. The molecule has 8 heteroatoms. The summed E-state index contributed by atoms with van der Waals surface area (Å²) in [7, 11) is 0. The standard InChI is InChI=1S/C27H20BrN3O4/c1-17-5-4-7-19(15-17)27(34)35-24-14-9-18-6-2-3-8-22(18)23(24)16-29-31-26(33)25(32)30-21-12-10-20(28)11-13-21/h2-16H,1H3,(H,30,32)(H,31,33). The second-order valence-electron chi connectivity index (χ2n) is 7.62. The number of nitrogens with zero attached hydrogens (tertiary/aromatic N) is 1. The summed E-state index contributed by atoms with van der Waals surface area (Å²) in [5.41, 5.74) is 4.52. The molecule has 0 spiro atoms. The lowest BCUT2D eigenvalue weighted by Crippen LogP contribution is -2.32. The summed E-state index contributed by atoms with van der Waals surface area (Å²) in [5, 5.41) is 8.09. The van der Waals surface area contributed by atoms with Crippen molar-refractivity contribution >= 4 is 56.4 Å². The smallest absolute Gasteiger partial charge is 0.343 e. The number of rotatable bonds is 5. The average molecular weight is 530 g/mol. The van der Waals surface area contributed by atoms with E-state index in [2.05, 4.69) is 31.8 Å². The number of benzene rings is 4. The minimum absolute atomic E-state index is 0.271. The number of hydrogen-bond acceptors (Lipinski definition) is 5. The van der Waals surface area contributed by atoms with E-state index in [0.29, 0.717) is 16.8 Å². The summed E-state index contributed by atoms with van der Waals surface area (Å²) in [6, 6.07) is 24.9. The zero-order valence-corrected chi connectivity index (χ0v) is 20.2. The molecule has 4 aromatic carbocycles. The first-order valence-corrected chi connectivity index (χ1v) is 11.4. The fourth-order valence-electron chi connectivity index (χ4n) is 3.36. The maximum Gasteiger partial charge on any atom is 0.343 e. The number of nitrogens with one attached hydrogen (secondary N) is 2. The molecule has 0 aromatic heterocycles. The van der Waals surface area contributed by atoms with E-state index in [-0.39, 0.29) is 5.75 Å². The van der Waals surface area contributed by atoms with Gasteiger partial charge in [0, 0.05) is 15.7 Å². The fourth-order valence-corrected chi connectivity index (χ4v) is 3.62. The quantitative estimate of drug-likeness (QED) is 0.122. The third kappa shape index (κ3) is 5.99. The van der Waals surface area contributed by atoms with Crippen molar-refractivity contribution in [3.05, 3.63) is 106 Å². The van der Waals surface area contributed by atoms with Crippen molar-refractivity contribution in [2.24, 2.45) is 5.10 Å². The maximum absolute atomic E-state index is 12.7. The molecule has 2 N–H and O–H groups in total. The van der Waals surface area contributed by atoms with Gasteiger partial charge in [0.1, 0.15) is 5.75 Å². The summed E-state index contributed by atoms with van der Waals surface area (Å²) in [6.07, 6.45) is 1.35. The Kier molecular flexibility index (Phi) is 7.32. The van der Waals surface area contributed by atoms with Gasteiger partial charge in [0.25, 0.3) is 0 Å². The summed E-state index contributed by atoms with van der Waals surface area (Å²) in [4.78, 5) is 37.1. The van der Waals surface area contributed by atoms with Gasteiger partial charge in [-0.2, -0.15) is 5.10 Å². The minimum Gasteiger partial charge on any atom is -0.422 e. The highest BCUT2D eigenvalue weighted by Crippen LogP contribution is 2.27. The van der Waals surface area contributed by atoms with Crippen LogP contribution in [0.4, 0.5) is 5.69 Å². The van der Waals surface area contributed by atoms with E-state index in [1.165, 1.54) is 6.21 Å². The Labute approximate surface area is 209 Å². The van der Waals surface area contributed by atoms with Gasteiger partial charge in [-0.3, -0.25) is 9.59 Å². The summed E-state index contributed by atoms with van der Waals surface area (Å²) in [6.45, 7) is 1.89. The van der Waals surface area contributed by atoms with Gasteiger partial charge in [0.15, 0.2) is 0 Å². The predicted molar refractivity (Wildman–Crippen MR) is 139 cm³/mol. The molecule has 0 bridgehead atoms. The van der Waals surface area contributed by atoms with Gasteiger partial charge in [-0.25, -0.2) is 10.2 Å². The number of carbonyl (C=O) groups is 3. The first-order valence-electron chi connectivity index (χ1n) is 10.6. The lowest BCUT2D eigenvalue weighted by molar-refractivity contribution is -0.136. The van der Waals surface area contributed by atoms with E-state index in [9.17, 15) is 14.4 Å². The molecule has 0 fully saturated rings. The summed E-state index contributed by atoms with van der Waals surface area (Å²) >= 11 is 3.31. The Morgan fingerprint density at radius 1 is 0.886 bits per heavy atom. The number of fused-ring (bicyclic) bond motifs is 1. The molecule has 174 valence electrons. The van der Waals surface area contributed by atoms with Crippen LogP contribution in [0.2, 0.25) is 0 Å². The highest BCUT2D eigenvalue weighted by molar-refractivity contribution is 9.10. The van der Waals surface area contributed by atoms with Gasteiger partial charge in [-0.15, -0.1) is 0 Å². The Bertz CT molecular complexity index is 1450. The van der Waals surface area contributed by atoms with Crippen molar-refractivity contribution in [2.75, 3.05) is 5.32 Å². The average Bonchev–Trinajstić information content (AvgIpc) is 2.86. The zero-order chi connectivity index (χ0) is 24.8. The number of esters is 1. The SMILES string of the molecule is Cc1cccc(C(=O)Oc2ccc3ccccc3c2C=NNC(=O)C(=O)Nc2ccc(Br)cc2)c1. The van der Waals surface area contributed by atoms with E-state index >= 15 is 0 Å². The number of ether oxygens (including phenoxy) is 1. The Hall–Kier alpha value is -4.30. The number of hydrogen-bond donors (Lipinski definition) is 2. The Morgan fingerprint density at radius 2 is 1.66 bits per heavy atom. The van der Waals surface area contributed by atoms with Crippen LogP contribution in [-0.4, -0.2) is 24.0 Å². The van der Waals surface area contributed by atoms with Crippen molar-refractivity contribution in [3.63, 3.8) is 0 Å². The third-order valence-electron chi connectivity index (χ3n) is 5.06. The van der Waals surface area contributed by atoms with Crippen molar-refractivity contribution in [1.29, 1.82) is 0 Å². The normalized spacial score (nSPS) is 10.8. The van der Waals surface area contributed by atoms with E-state index in [0.717, 1.165) is 20.8 Å². The van der Waals surface area contributed by atoms with Crippen molar-refractivity contribution in [1.82, 2.24) is 5.43 Å². The predicted octanol–water partition coefficient (Wildman–Crippen LogP) is 5.22. The summed E-state index contributed by atoms with van der Waals surface area (Å²) in [5.74, 6) is -2.06. The largest absolute Gasteiger partial charge is 0.422 e. The topological polar surface area (TPSA) is 96.9 Å². The first kappa shape index (κ1) is 23.8. The first-order chi connectivity index (χ1) is 16.9. The van der Waals surface area contributed by atoms with Gasteiger partial charge in [-0.1, -0.05) is 64.0 Å². The molecule has 0 saturated heterocycles. The van der Waals surface area contributed by atoms with Crippen LogP contribution in [0.1, 0.15) is 21.5 Å². The van der Waals surface area contributed by atoms with Crippen LogP contribution in [0, 0.1) is 6.92 Å². The second-order valence-corrected chi connectivity index (χ2v) is 8.53. The Morgan fingerprint density at radius 3 is 2.43 bits per heavy atom. The minimum atomic E-state index is -0.942. The number of aryl methyl sites for hydroxylation is 1. The van der Waals surface area contributed by atoms with Crippen molar-refractivity contribution in [2.45, 2.75) is 6.92 Å². The molecule has 35 heavy (non-hydrogen) atoms. The van der Waals surface area contributed by atoms with E-state index < -0.39 is 17.8 Å². The fraction of sp³-hybridized carbons (Fsp3) is 0.0370. The second kappa shape index (κ2) is 10.8. The van der Waals surface area contributed by atoms with Crippen LogP contribution in [-0.2, 0) is 9.59 Å². The lowest BCUT2D eigenvalue weighted by Gasteiger charge is -2.11. The number of amides is 2. The molecule has 0 aliphatic carbocycles. The van der Waals surface area contributed by atoms with Crippen LogP contribution in [0.5, 0.6) is 5.75 Å². The van der Waals surface area contributed by atoms with Gasteiger partial charge in [0.05, 0.1) is 11.8 Å². The van der Waals surface area contributed by atoms with Crippen molar-refractivity contribution < 1.29 is 19.1 Å². The third-order valence-corrected chi connectivity index (χ3v) is 5.58. The summed E-state index contributed by atoms with van der Waals surface area (Å²) < 4.78 is 6.51. The molecule has 0 heterocycles. The monoisotopic (exact) mass is 529 g/mol. The molecule has 7 nitrogen and oxygen atoms in total. The van der Waals surface area contributed by atoms with Crippen LogP contribution >= 0.6 is 15.9 Å². The molecule has 0 saturated carbocycles. The number of anilines is 1. The van der Waals surface area contributed by atoms with Crippen molar-refractivity contribution in [3.8, 4) is 5.75 Å². The molecule has 0 aliphatic rings. The van der Waals surface area contributed by atoms with E-state index in [1.54, 1.807) is 48.5 Å². The molecule has 0 aliphatic heterocycles. The molecular weight excluding hydrogens is 510 g/mol. The number of carbonyl (C=O) groups excluding carboxylic acids is 3. The molecule has 0 atom stereocenters. The van der Waals surface area contributed by atoms with E-state index in [4.69, 9.17) is 4.74 Å². The van der Waals surface area contributed by atoms with Gasteiger partial charge >= 0.3 is 17.8 Å². The number of halogens is 1. The molecule has 0 radical (unpaired) electrons. The van der Waals surface area contributed by atoms with E-state index in [1.807, 2.05) is 43.3 Å². The molecule has 4 aromatic rings. The van der Waals surface area contributed by atoms with Crippen LogP contribution in [0.15, 0.2) is 94.5 Å². The Balaban J connectivity index is 1.54. The molecule has 4 rings (SSSR count). The van der Waals surface area contributed by atoms with Gasteiger partial charge in [0.2, 0.25) is 0 Å². The lowest BCUT2D eigenvalue weighted by atomic mass is 10.0. The van der Waals surface area contributed by atoms with Gasteiger partial charge in [-0.05, 0) is 60.2 Å². The van der Waals surface area contributed by atoms with Gasteiger partial charge < -0.3 is 10.1 Å². The molecule has 0 unspecified atom stereocenters. The highest BCUT2D eigenvalue weighted by atomic mass is 79.9. The zero-order valence-electron chi connectivity index (χ0n) is 18.6. The molecule has 2 amide bonds. The van der Waals surface area contributed by atoms with Crippen LogP contribution in [0.25, 0.3) is 10.8 Å². The maximum atomic E-state index is 12.7. The molecular formula is C27H20BrN3O4.